The maximum atomic E-state index is 12.2. The number of ether oxygens (including phenoxy) is 1. The molecule has 0 radical (unpaired) electrons. The number of methoxy groups -OCH3 is 1. The van der Waals surface area contributed by atoms with E-state index in [1.807, 2.05) is 0 Å². The highest BCUT2D eigenvalue weighted by Crippen LogP contribution is 2.22. The number of aliphatic hydroxyl groups is 1. The van der Waals surface area contributed by atoms with E-state index in [2.05, 4.69) is 5.16 Å². The maximum Gasteiger partial charge on any atom is 0.248 e. The Kier molecular flexibility index (Phi) is 4.85. The summed E-state index contributed by atoms with van der Waals surface area (Å²) < 4.78 is 35.2. The molecule has 8 heteroatoms. The summed E-state index contributed by atoms with van der Waals surface area (Å²) in [6.07, 6.45) is -0.879. The number of nitrogens with zero attached hydrogens (tertiary/aromatic N) is 2. The van der Waals surface area contributed by atoms with Crippen molar-refractivity contribution in [3.63, 3.8) is 0 Å². The Labute approximate surface area is 106 Å². The maximum absolute atomic E-state index is 12.2. The van der Waals surface area contributed by atoms with Gasteiger partial charge in [-0.15, -0.1) is 0 Å². The summed E-state index contributed by atoms with van der Waals surface area (Å²) in [6.45, 7) is 3.11. The first kappa shape index (κ1) is 15.1. The molecule has 0 aromatic carbocycles. The topological polar surface area (TPSA) is 92.9 Å². The van der Waals surface area contributed by atoms with Crippen molar-refractivity contribution in [2.45, 2.75) is 24.8 Å². The standard InChI is InChI=1S/C10H18N2O5S/c1-7-10(8(2)17-11-7)18(14,15)12(3)5-9(13)6-16-4/h9,13H,5-6H2,1-4H3. The minimum atomic E-state index is -3.71. The third-order valence-electron chi connectivity index (χ3n) is 2.46. The number of sulfonamides is 1. The summed E-state index contributed by atoms with van der Waals surface area (Å²) in [5.41, 5.74) is 0.306. The average Bonchev–Trinajstić information content (AvgIpc) is 2.59. The van der Waals surface area contributed by atoms with Gasteiger partial charge in [-0.3, -0.25) is 0 Å². The van der Waals surface area contributed by atoms with E-state index in [1.165, 1.54) is 21.1 Å². The predicted molar refractivity (Wildman–Crippen MR) is 63.7 cm³/mol. The molecule has 1 N–H and O–H groups in total. The van der Waals surface area contributed by atoms with Gasteiger partial charge in [0.2, 0.25) is 10.0 Å². The van der Waals surface area contributed by atoms with Crippen molar-refractivity contribution in [2.75, 3.05) is 27.3 Å². The van der Waals surface area contributed by atoms with Gasteiger partial charge in [0.15, 0.2) is 5.76 Å². The molecule has 18 heavy (non-hydrogen) atoms. The molecule has 0 bridgehead atoms. The molecule has 7 nitrogen and oxygen atoms in total. The van der Waals surface area contributed by atoms with Crippen molar-refractivity contribution in [3.05, 3.63) is 11.5 Å². The summed E-state index contributed by atoms with van der Waals surface area (Å²) in [5.74, 6) is 0.237. The van der Waals surface area contributed by atoms with Crippen LogP contribution in [0.5, 0.6) is 0 Å². The fraction of sp³-hybridized carbons (Fsp3) is 0.700. The molecule has 0 spiro atoms. The number of aryl methyl sites for hydroxylation is 2. The summed E-state index contributed by atoms with van der Waals surface area (Å²) in [7, 11) is -0.883. The largest absolute Gasteiger partial charge is 0.389 e. The van der Waals surface area contributed by atoms with Crippen LogP contribution in [0.2, 0.25) is 0 Å². The lowest BCUT2D eigenvalue weighted by Crippen LogP contribution is -2.36. The van der Waals surface area contributed by atoms with Crippen molar-refractivity contribution in [3.8, 4) is 0 Å². The summed E-state index contributed by atoms with van der Waals surface area (Å²) >= 11 is 0. The Morgan fingerprint density at radius 3 is 2.56 bits per heavy atom. The molecule has 0 saturated heterocycles. The van der Waals surface area contributed by atoms with E-state index >= 15 is 0 Å². The van der Waals surface area contributed by atoms with Gasteiger partial charge in [-0.05, 0) is 13.8 Å². The lowest BCUT2D eigenvalue weighted by Gasteiger charge is -2.19. The molecule has 1 atom stereocenters. The zero-order valence-corrected chi connectivity index (χ0v) is 11.7. The number of aliphatic hydroxyl groups excluding tert-OH is 1. The van der Waals surface area contributed by atoms with Crippen molar-refractivity contribution in [1.82, 2.24) is 9.46 Å². The number of hydrogen-bond acceptors (Lipinski definition) is 6. The zero-order chi connectivity index (χ0) is 13.9. The van der Waals surface area contributed by atoms with Gasteiger partial charge in [-0.2, -0.15) is 4.31 Å². The van der Waals surface area contributed by atoms with Gasteiger partial charge in [0.05, 0.1) is 12.7 Å². The Morgan fingerprint density at radius 2 is 2.11 bits per heavy atom. The second-order valence-corrected chi connectivity index (χ2v) is 6.03. The quantitative estimate of drug-likeness (QED) is 0.782. The second-order valence-electron chi connectivity index (χ2n) is 4.05. The van der Waals surface area contributed by atoms with E-state index in [9.17, 15) is 13.5 Å². The van der Waals surface area contributed by atoms with Crippen LogP contribution in [-0.4, -0.2) is 56.4 Å². The molecule has 104 valence electrons. The van der Waals surface area contributed by atoms with E-state index < -0.39 is 16.1 Å². The first-order valence-corrected chi connectivity index (χ1v) is 6.81. The summed E-state index contributed by atoms with van der Waals surface area (Å²) in [6, 6.07) is 0. The number of aromatic nitrogens is 1. The normalized spacial score (nSPS) is 14.1. The molecule has 0 aliphatic rings. The Bertz CT molecular complexity index is 477. The van der Waals surface area contributed by atoms with Gasteiger partial charge in [0, 0.05) is 20.7 Å². The van der Waals surface area contributed by atoms with Gasteiger partial charge >= 0.3 is 0 Å². The van der Waals surface area contributed by atoms with Crippen molar-refractivity contribution in [1.29, 1.82) is 0 Å². The molecule has 0 aliphatic carbocycles. The van der Waals surface area contributed by atoms with Crippen LogP contribution in [0, 0.1) is 13.8 Å². The lowest BCUT2D eigenvalue weighted by molar-refractivity contribution is 0.0554. The van der Waals surface area contributed by atoms with Crippen molar-refractivity contribution in [2.24, 2.45) is 0 Å². The number of hydrogen-bond donors (Lipinski definition) is 1. The van der Waals surface area contributed by atoms with Crippen LogP contribution < -0.4 is 0 Å². The molecule has 0 saturated carbocycles. The number of rotatable bonds is 6. The molecule has 1 unspecified atom stereocenters. The van der Waals surface area contributed by atoms with Crippen molar-refractivity contribution < 1.29 is 22.8 Å². The van der Waals surface area contributed by atoms with E-state index in [0.717, 1.165) is 4.31 Å². The highest BCUT2D eigenvalue weighted by atomic mass is 32.2. The Morgan fingerprint density at radius 1 is 1.50 bits per heavy atom. The molecule has 0 aliphatic heterocycles. The van der Waals surface area contributed by atoms with Gasteiger partial charge in [0.25, 0.3) is 0 Å². The second kappa shape index (κ2) is 5.79. The molecule has 0 fully saturated rings. The van der Waals surface area contributed by atoms with Gasteiger partial charge in [-0.25, -0.2) is 8.42 Å². The third-order valence-corrected chi connectivity index (χ3v) is 4.53. The first-order valence-electron chi connectivity index (χ1n) is 5.37. The lowest BCUT2D eigenvalue weighted by atomic mass is 10.4. The van der Waals surface area contributed by atoms with Crippen LogP contribution in [0.4, 0.5) is 0 Å². The van der Waals surface area contributed by atoms with Crippen LogP contribution in [0.1, 0.15) is 11.5 Å². The highest BCUT2D eigenvalue weighted by molar-refractivity contribution is 7.89. The number of likely N-dealkylation sites (N-methyl/N-ethyl adjacent to an activating group) is 1. The van der Waals surface area contributed by atoms with E-state index in [4.69, 9.17) is 9.26 Å². The van der Waals surface area contributed by atoms with Crippen LogP contribution in [0.15, 0.2) is 9.42 Å². The molecular formula is C10H18N2O5S. The van der Waals surface area contributed by atoms with E-state index in [-0.39, 0.29) is 23.8 Å². The molecule has 1 aromatic heterocycles. The predicted octanol–water partition coefficient (Wildman–Crippen LogP) is -0.0808. The smallest absolute Gasteiger partial charge is 0.248 e. The minimum absolute atomic E-state index is 0.0506. The molecule has 1 heterocycles. The van der Waals surface area contributed by atoms with Crippen LogP contribution >= 0.6 is 0 Å². The minimum Gasteiger partial charge on any atom is -0.389 e. The third kappa shape index (κ3) is 3.08. The molecule has 1 aromatic rings. The fourth-order valence-corrected chi connectivity index (χ4v) is 3.13. The van der Waals surface area contributed by atoms with E-state index in [0.29, 0.717) is 5.69 Å². The monoisotopic (exact) mass is 278 g/mol. The van der Waals surface area contributed by atoms with E-state index in [1.54, 1.807) is 6.92 Å². The summed E-state index contributed by atoms with van der Waals surface area (Å²) in [4.78, 5) is 0.0506. The van der Waals surface area contributed by atoms with Crippen LogP contribution in [0.3, 0.4) is 0 Å². The SMILES string of the molecule is COCC(O)CN(C)S(=O)(=O)c1c(C)noc1C. The fourth-order valence-electron chi connectivity index (χ4n) is 1.64. The van der Waals surface area contributed by atoms with Gasteiger partial charge < -0.3 is 14.4 Å². The first-order chi connectivity index (χ1) is 8.30. The Balaban J connectivity index is 2.94. The van der Waals surface area contributed by atoms with Gasteiger partial charge in [-0.1, -0.05) is 5.16 Å². The average molecular weight is 278 g/mol. The highest BCUT2D eigenvalue weighted by Gasteiger charge is 2.29. The van der Waals surface area contributed by atoms with Crippen molar-refractivity contribution >= 4 is 10.0 Å². The molecule has 1 rings (SSSR count). The molecule has 0 amide bonds. The van der Waals surface area contributed by atoms with Crippen LogP contribution in [-0.2, 0) is 14.8 Å². The Hall–Kier alpha value is -0.960. The molecular weight excluding hydrogens is 260 g/mol. The summed E-state index contributed by atoms with van der Waals surface area (Å²) in [5, 5.41) is 13.2. The van der Waals surface area contributed by atoms with Crippen LogP contribution in [0.25, 0.3) is 0 Å². The van der Waals surface area contributed by atoms with Gasteiger partial charge in [0.1, 0.15) is 10.6 Å². The zero-order valence-electron chi connectivity index (χ0n) is 10.9.